The van der Waals surface area contributed by atoms with Crippen molar-refractivity contribution in [2.24, 2.45) is 0 Å². The Morgan fingerprint density at radius 1 is 1.00 bits per heavy atom. The molecule has 2 rings (SSSR count). The van der Waals surface area contributed by atoms with E-state index in [1.54, 1.807) is 12.1 Å². The molecule has 0 bridgehead atoms. The number of carbonyl (C=O) groups excluding carboxylic acids is 2. The molecular weight excluding hydrogens is 354 g/mol. The van der Waals surface area contributed by atoms with Crippen LogP contribution < -0.4 is 5.32 Å². The third-order valence-corrected chi connectivity index (χ3v) is 4.81. The van der Waals surface area contributed by atoms with Crippen molar-refractivity contribution in [1.29, 1.82) is 0 Å². The van der Waals surface area contributed by atoms with E-state index in [2.05, 4.69) is 5.32 Å². The maximum atomic E-state index is 12.3. The Hall–Kier alpha value is -2.67. The summed E-state index contributed by atoms with van der Waals surface area (Å²) < 4.78 is 28.2. The fraction of sp³-hybridized carbons (Fsp3) is 0.263. The summed E-state index contributed by atoms with van der Waals surface area (Å²) in [6.45, 7) is 1.34. The van der Waals surface area contributed by atoms with Crippen LogP contribution in [0.5, 0.6) is 0 Å². The van der Waals surface area contributed by atoms with Gasteiger partial charge in [-0.25, -0.2) is 13.2 Å². The lowest BCUT2D eigenvalue weighted by Gasteiger charge is -2.17. The number of hydrogen-bond acceptors (Lipinski definition) is 5. The zero-order valence-electron chi connectivity index (χ0n) is 14.6. The number of hydrogen-bond donors (Lipinski definition) is 1. The maximum absolute atomic E-state index is 12.3. The van der Waals surface area contributed by atoms with E-state index in [9.17, 15) is 18.0 Å². The number of nitrogens with one attached hydrogen (secondary N) is 1. The Kier molecular flexibility index (Phi) is 6.52. The summed E-state index contributed by atoms with van der Waals surface area (Å²) >= 11 is 0. The van der Waals surface area contributed by atoms with Crippen molar-refractivity contribution in [3.05, 3.63) is 65.7 Å². The van der Waals surface area contributed by atoms with Crippen molar-refractivity contribution in [2.45, 2.75) is 30.9 Å². The topological polar surface area (TPSA) is 89.5 Å². The second kappa shape index (κ2) is 8.62. The number of ether oxygens (including phenoxy) is 1. The van der Waals surface area contributed by atoms with Crippen LogP contribution in [0.2, 0.25) is 0 Å². The molecule has 26 heavy (non-hydrogen) atoms. The van der Waals surface area contributed by atoms with E-state index < -0.39 is 21.8 Å². The number of esters is 1. The number of rotatable bonds is 7. The van der Waals surface area contributed by atoms with E-state index in [0.717, 1.165) is 11.8 Å². The Balaban J connectivity index is 2.01. The van der Waals surface area contributed by atoms with Gasteiger partial charge in [0.2, 0.25) is 5.91 Å². The van der Waals surface area contributed by atoms with Crippen LogP contribution in [0.4, 0.5) is 0 Å². The molecule has 0 spiro atoms. The molecule has 6 nitrogen and oxygen atoms in total. The van der Waals surface area contributed by atoms with Crippen molar-refractivity contribution in [2.75, 3.05) is 6.26 Å². The summed E-state index contributed by atoms with van der Waals surface area (Å²) in [6.07, 6.45) is 1.45. The van der Waals surface area contributed by atoms with E-state index in [4.69, 9.17) is 4.74 Å². The first-order valence-electron chi connectivity index (χ1n) is 8.02. The monoisotopic (exact) mass is 375 g/mol. The van der Waals surface area contributed by atoms with Crippen LogP contribution in [0.3, 0.4) is 0 Å². The number of amides is 1. The molecule has 2 aromatic rings. The minimum atomic E-state index is -3.27. The van der Waals surface area contributed by atoms with Crippen LogP contribution in [-0.4, -0.2) is 32.6 Å². The molecule has 1 N–H and O–H groups in total. The number of benzene rings is 2. The van der Waals surface area contributed by atoms with Crippen LogP contribution in [0, 0.1) is 0 Å². The Labute approximate surface area is 153 Å². The normalized spacial score (nSPS) is 12.2. The summed E-state index contributed by atoms with van der Waals surface area (Å²) in [5, 5.41) is 2.60. The molecule has 0 fully saturated rings. The predicted molar refractivity (Wildman–Crippen MR) is 97.1 cm³/mol. The molecule has 138 valence electrons. The highest BCUT2D eigenvalue weighted by molar-refractivity contribution is 7.90. The average Bonchev–Trinajstić information content (AvgIpc) is 2.59. The van der Waals surface area contributed by atoms with Crippen LogP contribution in [-0.2, 0) is 37.2 Å². The van der Waals surface area contributed by atoms with E-state index in [1.165, 1.54) is 19.1 Å². The maximum Gasteiger partial charge on any atom is 0.329 e. The van der Waals surface area contributed by atoms with Gasteiger partial charge in [-0.05, 0) is 23.3 Å². The van der Waals surface area contributed by atoms with Gasteiger partial charge in [0, 0.05) is 19.6 Å². The molecule has 0 aliphatic carbocycles. The van der Waals surface area contributed by atoms with Crippen LogP contribution in [0.15, 0.2) is 59.5 Å². The Morgan fingerprint density at radius 3 is 2.15 bits per heavy atom. The zero-order chi connectivity index (χ0) is 19.2. The number of sulfone groups is 1. The standard InChI is InChI=1S/C19H21NO5S/c1-14(21)20-18(12-15-6-4-3-5-7-15)19(22)25-13-16-8-10-17(11-9-16)26(2,23)24/h3-11,18H,12-13H2,1-2H3,(H,20,21). The molecular formula is C19H21NO5S. The highest BCUT2D eigenvalue weighted by Crippen LogP contribution is 2.12. The second-order valence-electron chi connectivity index (χ2n) is 5.97. The summed E-state index contributed by atoms with van der Waals surface area (Å²) in [5.74, 6) is -0.864. The SMILES string of the molecule is CC(=O)NC(Cc1ccccc1)C(=O)OCc1ccc(S(C)(=O)=O)cc1. The van der Waals surface area contributed by atoms with Crippen LogP contribution in [0.1, 0.15) is 18.1 Å². The van der Waals surface area contributed by atoms with Crippen molar-refractivity contribution >= 4 is 21.7 Å². The van der Waals surface area contributed by atoms with Gasteiger partial charge in [0.15, 0.2) is 9.84 Å². The highest BCUT2D eigenvalue weighted by Gasteiger charge is 2.21. The fourth-order valence-corrected chi connectivity index (χ4v) is 3.01. The molecule has 0 aliphatic heterocycles. The molecule has 0 aromatic heterocycles. The van der Waals surface area contributed by atoms with Gasteiger partial charge in [-0.3, -0.25) is 4.79 Å². The van der Waals surface area contributed by atoms with Crippen molar-refractivity contribution < 1.29 is 22.7 Å². The predicted octanol–water partition coefficient (Wildman–Crippen LogP) is 1.88. The summed E-state index contributed by atoms with van der Waals surface area (Å²) in [6, 6.07) is 14.6. The van der Waals surface area contributed by atoms with Gasteiger partial charge in [-0.15, -0.1) is 0 Å². The molecule has 2 aromatic carbocycles. The highest BCUT2D eigenvalue weighted by atomic mass is 32.2. The van der Waals surface area contributed by atoms with Crippen molar-refractivity contribution in [3.63, 3.8) is 0 Å². The van der Waals surface area contributed by atoms with E-state index in [-0.39, 0.29) is 17.4 Å². The molecule has 1 atom stereocenters. The third-order valence-electron chi connectivity index (χ3n) is 3.68. The Morgan fingerprint density at radius 2 is 1.62 bits per heavy atom. The fourth-order valence-electron chi connectivity index (χ4n) is 2.38. The van der Waals surface area contributed by atoms with Crippen molar-refractivity contribution in [1.82, 2.24) is 5.32 Å². The van der Waals surface area contributed by atoms with Gasteiger partial charge < -0.3 is 10.1 Å². The van der Waals surface area contributed by atoms with Crippen LogP contribution >= 0.6 is 0 Å². The summed E-state index contributed by atoms with van der Waals surface area (Å²) in [7, 11) is -3.27. The van der Waals surface area contributed by atoms with E-state index >= 15 is 0 Å². The second-order valence-corrected chi connectivity index (χ2v) is 7.98. The lowest BCUT2D eigenvalue weighted by Crippen LogP contribution is -2.42. The lowest BCUT2D eigenvalue weighted by atomic mass is 10.1. The molecule has 1 amide bonds. The van der Waals surface area contributed by atoms with Gasteiger partial charge in [-0.1, -0.05) is 42.5 Å². The molecule has 0 saturated heterocycles. The van der Waals surface area contributed by atoms with E-state index in [1.807, 2.05) is 30.3 Å². The van der Waals surface area contributed by atoms with Crippen molar-refractivity contribution in [3.8, 4) is 0 Å². The van der Waals surface area contributed by atoms with Gasteiger partial charge >= 0.3 is 5.97 Å². The number of carbonyl (C=O) groups is 2. The van der Waals surface area contributed by atoms with Gasteiger partial charge in [-0.2, -0.15) is 0 Å². The van der Waals surface area contributed by atoms with Crippen LogP contribution in [0.25, 0.3) is 0 Å². The molecule has 0 radical (unpaired) electrons. The van der Waals surface area contributed by atoms with Gasteiger partial charge in [0.25, 0.3) is 0 Å². The smallest absolute Gasteiger partial charge is 0.329 e. The van der Waals surface area contributed by atoms with Gasteiger partial charge in [0.1, 0.15) is 12.6 Å². The first kappa shape index (κ1) is 19.7. The minimum Gasteiger partial charge on any atom is -0.459 e. The average molecular weight is 375 g/mol. The molecule has 7 heteroatoms. The Bertz CT molecular complexity index is 861. The first-order valence-corrected chi connectivity index (χ1v) is 9.91. The minimum absolute atomic E-state index is 0.00620. The quantitative estimate of drug-likeness (QED) is 0.747. The van der Waals surface area contributed by atoms with Gasteiger partial charge in [0.05, 0.1) is 4.90 Å². The largest absolute Gasteiger partial charge is 0.459 e. The molecule has 0 heterocycles. The zero-order valence-corrected chi connectivity index (χ0v) is 15.5. The molecule has 0 saturated carbocycles. The summed E-state index contributed by atoms with van der Waals surface area (Å²) in [4.78, 5) is 23.9. The summed E-state index contributed by atoms with van der Waals surface area (Å²) in [5.41, 5.74) is 1.56. The molecule has 1 unspecified atom stereocenters. The first-order chi connectivity index (χ1) is 12.3. The lowest BCUT2D eigenvalue weighted by molar-refractivity contribution is -0.149. The van der Waals surface area contributed by atoms with E-state index in [0.29, 0.717) is 12.0 Å². The molecule has 0 aliphatic rings. The third kappa shape index (κ3) is 6.00.